The molecule has 0 atom stereocenters. The molecule has 0 spiro atoms. The molecule has 21 heavy (non-hydrogen) atoms. The average Bonchev–Trinajstić information content (AvgIpc) is 3.26. The highest BCUT2D eigenvalue weighted by atomic mass is 16.2. The second-order valence-corrected chi connectivity index (χ2v) is 6.35. The average molecular weight is 289 g/mol. The van der Waals surface area contributed by atoms with Gasteiger partial charge in [-0.25, -0.2) is 0 Å². The highest BCUT2D eigenvalue weighted by molar-refractivity contribution is 5.92. The minimum atomic E-state index is -0.623. The van der Waals surface area contributed by atoms with Gasteiger partial charge in [-0.15, -0.1) is 0 Å². The Labute approximate surface area is 125 Å². The molecule has 1 saturated carbocycles. The number of rotatable bonds is 5. The van der Waals surface area contributed by atoms with Gasteiger partial charge in [0.15, 0.2) is 0 Å². The Morgan fingerprint density at radius 2 is 1.81 bits per heavy atom. The third-order valence-electron chi connectivity index (χ3n) is 4.18. The van der Waals surface area contributed by atoms with Gasteiger partial charge in [0, 0.05) is 19.3 Å². The van der Waals surface area contributed by atoms with Gasteiger partial charge >= 0.3 is 0 Å². The summed E-state index contributed by atoms with van der Waals surface area (Å²) in [6.07, 6.45) is 1.67. The molecule has 0 aromatic heterocycles. The molecule has 1 aliphatic carbocycles. The molecule has 0 heterocycles. The molecule has 1 aromatic carbocycles. The smallest absolute Gasteiger partial charge is 0.230 e. The Balaban J connectivity index is 2.04. The van der Waals surface area contributed by atoms with E-state index >= 15 is 0 Å². The van der Waals surface area contributed by atoms with Crippen LogP contribution in [-0.4, -0.2) is 25.4 Å². The standard InChI is InChI=1S/C16H23N3O2/c1-15(2,13(20)18-3)10-19-14(21)16(8-9-16)11-4-6-12(17)7-5-11/h4-7H,8-10,17H2,1-3H3,(H,18,20)(H,19,21). The summed E-state index contributed by atoms with van der Waals surface area (Å²) in [5, 5.41) is 5.54. The molecular formula is C16H23N3O2. The molecule has 2 amide bonds. The van der Waals surface area contributed by atoms with E-state index in [9.17, 15) is 9.59 Å². The van der Waals surface area contributed by atoms with Crippen molar-refractivity contribution >= 4 is 17.5 Å². The number of benzene rings is 1. The Morgan fingerprint density at radius 3 is 2.29 bits per heavy atom. The maximum Gasteiger partial charge on any atom is 0.230 e. The predicted molar refractivity (Wildman–Crippen MR) is 82.6 cm³/mol. The van der Waals surface area contributed by atoms with E-state index in [0.29, 0.717) is 12.2 Å². The molecule has 5 heteroatoms. The Bertz CT molecular complexity index is 545. The lowest BCUT2D eigenvalue weighted by Gasteiger charge is -2.24. The maximum absolute atomic E-state index is 12.5. The van der Waals surface area contributed by atoms with Crippen LogP contribution in [0, 0.1) is 5.41 Å². The summed E-state index contributed by atoms with van der Waals surface area (Å²) in [5.74, 6) is -0.0932. The quantitative estimate of drug-likeness (QED) is 0.712. The van der Waals surface area contributed by atoms with Crippen molar-refractivity contribution in [1.82, 2.24) is 10.6 Å². The fourth-order valence-electron chi connectivity index (χ4n) is 2.46. The summed E-state index contributed by atoms with van der Waals surface area (Å²) in [4.78, 5) is 24.2. The molecule has 4 N–H and O–H groups in total. The Hall–Kier alpha value is -2.04. The molecule has 2 rings (SSSR count). The van der Waals surface area contributed by atoms with Crippen LogP contribution in [0.25, 0.3) is 0 Å². The van der Waals surface area contributed by atoms with E-state index in [4.69, 9.17) is 5.73 Å². The maximum atomic E-state index is 12.5. The van der Waals surface area contributed by atoms with Gasteiger partial charge in [-0.2, -0.15) is 0 Å². The molecule has 1 fully saturated rings. The first-order valence-corrected chi connectivity index (χ1v) is 7.18. The number of anilines is 1. The topological polar surface area (TPSA) is 84.2 Å². The summed E-state index contributed by atoms with van der Waals surface area (Å²) in [5.41, 5.74) is 6.31. The van der Waals surface area contributed by atoms with E-state index in [-0.39, 0.29) is 11.8 Å². The van der Waals surface area contributed by atoms with Crippen molar-refractivity contribution in [3.8, 4) is 0 Å². The lowest BCUT2D eigenvalue weighted by atomic mass is 9.90. The number of carbonyl (C=O) groups excluding carboxylic acids is 2. The zero-order valence-electron chi connectivity index (χ0n) is 12.8. The van der Waals surface area contributed by atoms with E-state index in [1.54, 1.807) is 7.05 Å². The van der Waals surface area contributed by atoms with E-state index in [2.05, 4.69) is 10.6 Å². The first-order chi connectivity index (χ1) is 9.82. The molecule has 0 saturated heterocycles. The SMILES string of the molecule is CNC(=O)C(C)(C)CNC(=O)C1(c2ccc(N)cc2)CC1. The third-order valence-corrected chi connectivity index (χ3v) is 4.18. The van der Waals surface area contributed by atoms with Crippen molar-refractivity contribution in [3.63, 3.8) is 0 Å². The van der Waals surface area contributed by atoms with Crippen molar-refractivity contribution < 1.29 is 9.59 Å². The van der Waals surface area contributed by atoms with Crippen LogP contribution in [0.15, 0.2) is 24.3 Å². The fraction of sp³-hybridized carbons (Fsp3) is 0.500. The molecule has 0 aliphatic heterocycles. The molecular weight excluding hydrogens is 266 g/mol. The van der Waals surface area contributed by atoms with Gasteiger partial charge in [0.25, 0.3) is 0 Å². The van der Waals surface area contributed by atoms with Crippen molar-refractivity contribution in [2.24, 2.45) is 5.41 Å². The zero-order valence-corrected chi connectivity index (χ0v) is 12.8. The number of amides is 2. The summed E-state index contributed by atoms with van der Waals surface area (Å²) in [6, 6.07) is 7.45. The molecule has 0 unspecified atom stereocenters. The van der Waals surface area contributed by atoms with Gasteiger partial charge in [0.1, 0.15) is 0 Å². The highest BCUT2D eigenvalue weighted by Crippen LogP contribution is 2.48. The minimum absolute atomic E-state index is 0.00995. The Morgan fingerprint density at radius 1 is 1.24 bits per heavy atom. The largest absolute Gasteiger partial charge is 0.399 e. The lowest BCUT2D eigenvalue weighted by Crippen LogP contribution is -2.46. The van der Waals surface area contributed by atoms with Gasteiger partial charge in [-0.1, -0.05) is 12.1 Å². The number of hydrogen-bond acceptors (Lipinski definition) is 3. The fourth-order valence-corrected chi connectivity index (χ4v) is 2.46. The van der Waals surface area contributed by atoms with Gasteiger partial charge in [0.2, 0.25) is 11.8 Å². The van der Waals surface area contributed by atoms with Crippen LogP contribution >= 0.6 is 0 Å². The van der Waals surface area contributed by atoms with Crippen LogP contribution in [0.4, 0.5) is 5.69 Å². The van der Waals surface area contributed by atoms with Crippen LogP contribution in [0.5, 0.6) is 0 Å². The lowest BCUT2D eigenvalue weighted by molar-refractivity contribution is -0.129. The van der Waals surface area contributed by atoms with E-state index < -0.39 is 10.8 Å². The van der Waals surface area contributed by atoms with Crippen LogP contribution in [0.3, 0.4) is 0 Å². The van der Waals surface area contributed by atoms with E-state index in [1.165, 1.54) is 0 Å². The summed E-state index contributed by atoms with van der Waals surface area (Å²) in [7, 11) is 1.60. The molecule has 0 bridgehead atoms. The summed E-state index contributed by atoms with van der Waals surface area (Å²) >= 11 is 0. The number of hydrogen-bond donors (Lipinski definition) is 3. The van der Waals surface area contributed by atoms with Gasteiger partial charge in [0.05, 0.1) is 10.8 Å². The van der Waals surface area contributed by atoms with Gasteiger partial charge in [-0.3, -0.25) is 9.59 Å². The van der Waals surface area contributed by atoms with Crippen LogP contribution in [0.1, 0.15) is 32.3 Å². The first-order valence-electron chi connectivity index (χ1n) is 7.18. The number of carbonyl (C=O) groups is 2. The second-order valence-electron chi connectivity index (χ2n) is 6.35. The van der Waals surface area contributed by atoms with Gasteiger partial charge in [-0.05, 0) is 44.4 Å². The minimum Gasteiger partial charge on any atom is -0.399 e. The first kappa shape index (κ1) is 15.4. The summed E-state index contributed by atoms with van der Waals surface area (Å²) in [6.45, 7) is 3.95. The van der Waals surface area contributed by atoms with Crippen LogP contribution < -0.4 is 16.4 Å². The zero-order chi connectivity index (χ0) is 15.7. The van der Waals surface area contributed by atoms with Crippen LogP contribution in [0.2, 0.25) is 0 Å². The third kappa shape index (κ3) is 3.01. The molecule has 0 radical (unpaired) electrons. The number of nitrogens with two attached hydrogens (primary N) is 1. The van der Waals surface area contributed by atoms with Crippen molar-refractivity contribution in [2.75, 3.05) is 19.3 Å². The monoisotopic (exact) mass is 289 g/mol. The van der Waals surface area contributed by atoms with Crippen molar-refractivity contribution in [3.05, 3.63) is 29.8 Å². The number of nitrogen functional groups attached to an aromatic ring is 1. The normalized spacial score (nSPS) is 16.1. The number of nitrogens with one attached hydrogen (secondary N) is 2. The Kier molecular flexibility index (Phi) is 3.94. The van der Waals surface area contributed by atoms with Crippen LogP contribution in [-0.2, 0) is 15.0 Å². The predicted octanol–water partition coefficient (Wildman–Crippen LogP) is 1.19. The molecule has 1 aliphatic rings. The molecule has 1 aromatic rings. The van der Waals surface area contributed by atoms with Crippen molar-refractivity contribution in [1.29, 1.82) is 0 Å². The highest BCUT2D eigenvalue weighted by Gasteiger charge is 2.51. The molecule has 114 valence electrons. The van der Waals surface area contributed by atoms with E-state index in [1.807, 2.05) is 38.1 Å². The summed E-state index contributed by atoms with van der Waals surface area (Å²) < 4.78 is 0. The molecule has 5 nitrogen and oxygen atoms in total. The van der Waals surface area contributed by atoms with E-state index in [0.717, 1.165) is 18.4 Å². The van der Waals surface area contributed by atoms with Gasteiger partial charge < -0.3 is 16.4 Å². The second kappa shape index (κ2) is 5.39. The van der Waals surface area contributed by atoms with Crippen molar-refractivity contribution in [2.45, 2.75) is 32.1 Å².